The number of rotatable bonds is 6. The normalized spacial score (nSPS) is 17.2. The Morgan fingerprint density at radius 1 is 1.40 bits per heavy atom. The molecule has 0 spiro atoms. The molecule has 20 heavy (non-hydrogen) atoms. The molecule has 1 aliphatic rings. The number of nitrogens with zero attached hydrogens (tertiary/aromatic N) is 2. The van der Waals surface area contributed by atoms with E-state index in [9.17, 15) is 8.42 Å². The molecule has 0 atom stereocenters. The van der Waals surface area contributed by atoms with Gasteiger partial charge in [-0.25, -0.2) is 8.42 Å². The zero-order valence-electron chi connectivity index (χ0n) is 12.1. The average Bonchev–Trinajstić information content (AvgIpc) is 3.04. The molecule has 0 unspecified atom stereocenters. The van der Waals surface area contributed by atoms with Gasteiger partial charge in [0.05, 0.1) is 6.54 Å². The van der Waals surface area contributed by atoms with E-state index in [1.807, 2.05) is 0 Å². The van der Waals surface area contributed by atoms with Crippen molar-refractivity contribution < 1.29 is 12.8 Å². The molecule has 0 saturated carbocycles. The Labute approximate surface area is 120 Å². The van der Waals surface area contributed by atoms with Crippen LogP contribution in [-0.2, 0) is 16.6 Å². The standard InChI is InChI=1S/C13H23N3O3S/c1-11-13(9-12(10-14)19-11)20(17,18)15(2)7-8-16-5-3-4-6-16/h9H,3-8,10,14H2,1-2H3. The first-order valence-electron chi connectivity index (χ1n) is 6.93. The average molecular weight is 301 g/mol. The highest BCUT2D eigenvalue weighted by molar-refractivity contribution is 7.89. The second-order valence-corrected chi connectivity index (χ2v) is 7.23. The fourth-order valence-corrected chi connectivity index (χ4v) is 3.80. The first-order chi connectivity index (χ1) is 9.45. The molecule has 0 bridgehead atoms. The van der Waals surface area contributed by atoms with E-state index in [1.165, 1.54) is 23.2 Å². The zero-order chi connectivity index (χ0) is 14.8. The number of likely N-dealkylation sites (tertiary alicyclic amines) is 1. The van der Waals surface area contributed by atoms with Crippen LogP contribution in [0.4, 0.5) is 0 Å². The highest BCUT2D eigenvalue weighted by Crippen LogP contribution is 2.22. The number of nitrogens with two attached hydrogens (primary N) is 1. The molecule has 6 nitrogen and oxygen atoms in total. The van der Waals surface area contributed by atoms with Gasteiger partial charge in [0.15, 0.2) is 0 Å². The molecular formula is C13H23N3O3S. The van der Waals surface area contributed by atoms with Crippen LogP contribution in [0.5, 0.6) is 0 Å². The van der Waals surface area contributed by atoms with E-state index in [4.69, 9.17) is 10.2 Å². The van der Waals surface area contributed by atoms with Gasteiger partial charge in [0, 0.05) is 26.2 Å². The SMILES string of the molecule is Cc1oc(CN)cc1S(=O)(=O)N(C)CCN1CCCC1. The number of sulfonamides is 1. The molecule has 114 valence electrons. The Balaban J connectivity index is 2.05. The molecule has 0 aliphatic carbocycles. The quantitative estimate of drug-likeness (QED) is 0.839. The number of likely N-dealkylation sites (N-methyl/N-ethyl adjacent to an activating group) is 1. The van der Waals surface area contributed by atoms with Gasteiger partial charge >= 0.3 is 0 Å². The smallest absolute Gasteiger partial charge is 0.246 e. The molecule has 0 aromatic carbocycles. The summed E-state index contributed by atoms with van der Waals surface area (Å²) in [5.74, 6) is 0.896. The van der Waals surface area contributed by atoms with E-state index in [-0.39, 0.29) is 11.4 Å². The van der Waals surface area contributed by atoms with Crippen LogP contribution in [-0.4, -0.2) is 50.8 Å². The van der Waals surface area contributed by atoms with E-state index >= 15 is 0 Å². The third kappa shape index (κ3) is 3.22. The summed E-state index contributed by atoms with van der Waals surface area (Å²) in [6, 6.07) is 1.52. The molecule has 2 rings (SSSR count). The lowest BCUT2D eigenvalue weighted by Gasteiger charge is -2.20. The largest absolute Gasteiger partial charge is 0.464 e. The summed E-state index contributed by atoms with van der Waals surface area (Å²) >= 11 is 0. The molecule has 0 radical (unpaired) electrons. The van der Waals surface area contributed by atoms with Crippen molar-refractivity contribution in [3.63, 3.8) is 0 Å². The van der Waals surface area contributed by atoms with Crippen molar-refractivity contribution in [3.05, 3.63) is 17.6 Å². The molecular weight excluding hydrogens is 278 g/mol. The van der Waals surface area contributed by atoms with Crippen LogP contribution in [0.1, 0.15) is 24.4 Å². The molecule has 1 saturated heterocycles. The van der Waals surface area contributed by atoms with Gasteiger partial charge in [0.1, 0.15) is 16.4 Å². The van der Waals surface area contributed by atoms with Gasteiger partial charge in [-0.15, -0.1) is 0 Å². The van der Waals surface area contributed by atoms with Crippen molar-refractivity contribution in [2.24, 2.45) is 5.73 Å². The topological polar surface area (TPSA) is 79.8 Å². The summed E-state index contributed by atoms with van der Waals surface area (Å²) in [5, 5.41) is 0. The first kappa shape index (κ1) is 15.5. The Bertz CT molecular complexity index is 547. The maximum absolute atomic E-state index is 12.5. The Hall–Kier alpha value is -0.890. The molecule has 2 heterocycles. The molecule has 1 aliphatic heterocycles. The van der Waals surface area contributed by atoms with Crippen molar-refractivity contribution in [2.75, 3.05) is 33.2 Å². The van der Waals surface area contributed by atoms with E-state index in [2.05, 4.69) is 4.90 Å². The Morgan fingerprint density at radius 3 is 2.60 bits per heavy atom. The number of hydrogen-bond acceptors (Lipinski definition) is 5. The molecule has 1 aromatic heterocycles. The van der Waals surface area contributed by atoms with Crippen LogP contribution in [0, 0.1) is 6.92 Å². The monoisotopic (exact) mass is 301 g/mol. The van der Waals surface area contributed by atoms with Crippen LogP contribution in [0.2, 0.25) is 0 Å². The number of hydrogen-bond donors (Lipinski definition) is 1. The maximum atomic E-state index is 12.5. The summed E-state index contributed by atoms with van der Waals surface area (Å²) < 4.78 is 31.7. The summed E-state index contributed by atoms with van der Waals surface area (Å²) in [6.45, 7) is 5.25. The Morgan fingerprint density at radius 2 is 2.05 bits per heavy atom. The predicted octanol–water partition coefficient (Wildman–Crippen LogP) is 0.763. The van der Waals surface area contributed by atoms with E-state index < -0.39 is 10.0 Å². The summed E-state index contributed by atoms with van der Waals surface area (Å²) in [7, 11) is -1.88. The van der Waals surface area contributed by atoms with Gasteiger partial charge in [-0.2, -0.15) is 4.31 Å². The number of furan rings is 1. The zero-order valence-corrected chi connectivity index (χ0v) is 12.9. The fourth-order valence-electron chi connectivity index (χ4n) is 2.46. The second kappa shape index (κ2) is 6.26. The van der Waals surface area contributed by atoms with Crippen LogP contribution in [0.15, 0.2) is 15.4 Å². The molecule has 1 aromatic rings. The van der Waals surface area contributed by atoms with Crippen molar-refractivity contribution in [1.29, 1.82) is 0 Å². The summed E-state index contributed by atoms with van der Waals surface area (Å²) in [6.07, 6.45) is 2.41. The van der Waals surface area contributed by atoms with Crippen molar-refractivity contribution in [3.8, 4) is 0 Å². The maximum Gasteiger partial charge on any atom is 0.246 e. The minimum atomic E-state index is -3.49. The summed E-state index contributed by atoms with van der Waals surface area (Å²) in [5.41, 5.74) is 5.48. The third-order valence-electron chi connectivity index (χ3n) is 3.74. The number of aryl methyl sites for hydroxylation is 1. The van der Waals surface area contributed by atoms with E-state index in [0.29, 0.717) is 18.1 Å². The molecule has 1 fully saturated rings. The minimum Gasteiger partial charge on any atom is -0.464 e. The van der Waals surface area contributed by atoms with Crippen LogP contribution in [0.3, 0.4) is 0 Å². The van der Waals surface area contributed by atoms with Gasteiger partial charge in [-0.1, -0.05) is 0 Å². The lowest BCUT2D eigenvalue weighted by Crippen LogP contribution is -2.35. The first-order valence-corrected chi connectivity index (χ1v) is 8.37. The molecule has 2 N–H and O–H groups in total. The molecule has 0 amide bonds. The highest BCUT2D eigenvalue weighted by atomic mass is 32.2. The molecule has 7 heteroatoms. The fraction of sp³-hybridized carbons (Fsp3) is 0.692. The van der Waals surface area contributed by atoms with Gasteiger partial charge in [0.2, 0.25) is 10.0 Å². The van der Waals surface area contributed by atoms with Crippen molar-refractivity contribution in [1.82, 2.24) is 9.21 Å². The summed E-state index contributed by atoms with van der Waals surface area (Å²) in [4.78, 5) is 2.52. The van der Waals surface area contributed by atoms with Crippen molar-refractivity contribution in [2.45, 2.75) is 31.2 Å². The van der Waals surface area contributed by atoms with Crippen LogP contribution in [0.25, 0.3) is 0 Å². The van der Waals surface area contributed by atoms with Gasteiger partial charge < -0.3 is 15.1 Å². The minimum absolute atomic E-state index is 0.202. The van der Waals surface area contributed by atoms with Crippen LogP contribution >= 0.6 is 0 Å². The van der Waals surface area contributed by atoms with E-state index in [1.54, 1.807) is 14.0 Å². The predicted molar refractivity (Wildman–Crippen MR) is 76.8 cm³/mol. The van der Waals surface area contributed by atoms with E-state index in [0.717, 1.165) is 19.6 Å². The third-order valence-corrected chi connectivity index (χ3v) is 5.71. The lowest BCUT2D eigenvalue weighted by atomic mass is 10.4. The highest BCUT2D eigenvalue weighted by Gasteiger charge is 2.26. The van der Waals surface area contributed by atoms with Gasteiger partial charge in [0.25, 0.3) is 0 Å². The van der Waals surface area contributed by atoms with Gasteiger partial charge in [-0.3, -0.25) is 0 Å². The van der Waals surface area contributed by atoms with Gasteiger partial charge in [-0.05, 0) is 32.9 Å². The van der Waals surface area contributed by atoms with Crippen molar-refractivity contribution >= 4 is 10.0 Å². The Kier molecular flexibility index (Phi) is 4.85. The lowest BCUT2D eigenvalue weighted by molar-refractivity contribution is 0.310. The second-order valence-electron chi connectivity index (χ2n) is 5.21. The van der Waals surface area contributed by atoms with Crippen LogP contribution < -0.4 is 5.73 Å².